The summed E-state index contributed by atoms with van der Waals surface area (Å²) in [6.07, 6.45) is 0.953. The molecular formula is C19H19N3. The van der Waals surface area contributed by atoms with Crippen molar-refractivity contribution in [2.24, 2.45) is 5.73 Å². The van der Waals surface area contributed by atoms with Crippen LogP contribution in [0.4, 0.5) is 11.4 Å². The van der Waals surface area contributed by atoms with Gasteiger partial charge in [0.1, 0.15) is 0 Å². The Labute approximate surface area is 130 Å². The molecule has 0 heterocycles. The van der Waals surface area contributed by atoms with Crippen LogP contribution in [0.25, 0.3) is 10.8 Å². The Bertz CT molecular complexity index is 818. The van der Waals surface area contributed by atoms with Gasteiger partial charge >= 0.3 is 0 Å². The number of benzene rings is 3. The highest BCUT2D eigenvalue weighted by atomic mass is 15.2. The topological polar surface area (TPSA) is 53.1 Å². The molecule has 3 aromatic rings. The summed E-state index contributed by atoms with van der Waals surface area (Å²) in [7, 11) is 0. The molecule has 0 amide bonds. The first-order valence-electron chi connectivity index (χ1n) is 7.41. The highest BCUT2D eigenvalue weighted by Crippen LogP contribution is 2.32. The van der Waals surface area contributed by atoms with Gasteiger partial charge in [-0.1, -0.05) is 55.5 Å². The molecule has 0 radical (unpaired) electrons. The SMILES string of the molecule is CCc1cccc(N(C(=N)N)c2cccc3ccccc23)c1. The Morgan fingerprint density at radius 1 is 1.00 bits per heavy atom. The second kappa shape index (κ2) is 5.90. The zero-order valence-electron chi connectivity index (χ0n) is 12.6. The summed E-state index contributed by atoms with van der Waals surface area (Å²) in [5, 5.41) is 10.3. The van der Waals surface area contributed by atoms with E-state index in [0.29, 0.717) is 0 Å². The van der Waals surface area contributed by atoms with Crippen LogP contribution in [-0.4, -0.2) is 5.96 Å². The van der Waals surface area contributed by atoms with Crippen LogP contribution in [0.1, 0.15) is 12.5 Å². The van der Waals surface area contributed by atoms with Gasteiger partial charge in [0.15, 0.2) is 5.96 Å². The van der Waals surface area contributed by atoms with E-state index in [1.165, 1.54) is 5.56 Å². The summed E-state index contributed by atoms with van der Waals surface area (Å²) in [6.45, 7) is 2.12. The molecule has 3 aromatic carbocycles. The molecular weight excluding hydrogens is 270 g/mol. The Morgan fingerprint density at radius 3 is 2.50 bits per heavy atom. The maximum absolute atomic E-state index is 8.03. The summed E-state index contributed by atoms with van der Waals surface area (Å²) in [4.78, 5) is 1.79. The third kappa shape index (κ3) is 2.53. The second-order valence-electron chi connectivity index (χ2n) is 5.24. The number of nitrogens with zero attached hydrogens (tertiary/aromatic N) is 1. The maximum Gasteiger partial charge on any atom is 0.197 e. The molecule has 0 aliphatic heterocycles. The molecule has 3 nitrogen and oxygen atoms in total. The molecule has 3 heteroatoms. The van der Waals surface area contributed by atoms with Crippen molar-refractivity contribution < 1.29 is 0 Å². The first-order chi connectivity index (χ1) is 10.7. The van der Waals surface area contributed by atoms with Crippen molar-refractivity contribution in [3.05, 3.63) is 72.3 Å². The lowest BCUT2D eigenvalue weighted by Gasteiger charge is -2.25. The number of guanidine groups is 1. The molecule has 0 aromatic heterocycles. The molecule has 3 N–H and O–H groups in total. The van der Waals surface area contributed by atoms with Crippen molar-refractivity contribution in [3.63, 3.8) is 0 Å². The van der Waals surface area contributed by atoms with E-state index in [4.69, 9.17) is 11.1 Å². The summed E-state index contributed by atoms with van der Waals surface area (Å²) in [5.41, 5.74) is 8.97. The maximum atomic E-state index is 8.03. The first kappa shape index (κ1) is 14.1. The van der Waals surface area contributed by atoms with E-state index >= 15 is 0 Å². The fourth-order valence-electron chi connectivity index (χ4n) is 2.73. The zero-order chi connectivity index (χ0) is 15.5. The largest absolute Gasteiger partial charge is 0.369 e. The van der Waals surface area contributed by atoms with Crippen LogP contribution in [0.2, 0.25) is 0 Å². The summed E-state index contributed by atoms with van der Waals surface area (Å²) in [5.74, 6) is 0.0182. The quantitative estimate of drug-likeness (QED) is 0.553. The van der Waals surface area contributed by atoms with E-state index in [9.17, 15) is 0 Å². The standard InChI is InChI=1S/C19H19N3/c1-2-14-7-5-10-16(13-14)22(19(20)21)18-12-6-9-15-8-3-4-11-17(15)18/h3-13H,2H2,1H3,(H3,20,21). The summed E-state index contributed by atoms with van der Waals surface area (Å²) < 4.78 is 0. The van der Waals surface area contributed by atoms with Crippen LogP contribution in [0.15, 0.2) is 66.7 Å². The van der Waals surface area contributed by atoms with Gasteiger partial charge in [-0.05, 0) is 35.6 Å². The molecule has 3 rings (SSSR count). The number of anilines is 2. The Kier molecular flexibility index (Phi) is 3.79. The predicted molar refractivity (Wildman–Crippen MR) is 93.8 cm³/mol. The van der Waals surface area contributed by atoms with E-state index in [-0.39, 0.29) is 5.96 Å². The van der Waals surface area contributed by atoms with E-state index < -0.39 is 0 Å². The Hall–Kier alpha value is -2.81. The lowest BCUT2D eigenvalue weighted by molar-refractivity contribution is 1.13. The molecule has 0 spiro atoms. The fraction of sp³-hybridized carbons (Fsp3) is 0.105. The van der Waals surface area contributed by atoms with Crippen molar-refractivity contribution in [1.29, 1.82) is 5.41 Å². The van der Waals surface area contributed by atoms with Crippen LogP contribution in [0.3, 0.4) is 0 Å². The zero-order valence-corrected chi connectivity index (χ0v) is 12.6. The van der Waals surface area contributed by atoms with Crippen LogP contribution in [-0.2, 0) is 6.42 Å². The molecule has 0 aliphatic rings. The van der Waals surface area contributed by atoms with Crippen molar-refractivity contribution in [3.8, 4) is 0 Å². The van der Waals surface area contributed by atoms with Crippen molar-refractivity contribution >= 4 is 28.1 Å². The average Bonchev–Trinajstić information content (AvgIpc) is 2.55. The van der Waals surface area contributed by atoms with Gasteiger partial charge in [0.2, 0.25) is 0 Å². The number of rotatable bonds is 3. The van der Waals surface area contributed by atoms with Crippen LogP contribution in [0.5, 0.6) is 0 Å². The van der Waals surface area contributed by atoms with Gasteiger partial charge in [-0.25, -0.2) is 0 Å². The molecule has 0 saturated heterocycles. The van der Waals surface area contributed by atoms with Crippen molar-refractivity contribution in [2.45, 2.75) is 13.3 Å². The van der Waals surface area contributed by atoms with Crippen molar-refractivity contribution in [1.82, 2.24) is 0 Å². The summed E-state index contributed by atoms with van der Waals surface area (Å²) in [6, 6.07) is 22.4. The lowest BCUT2D eigenvalue weighted by Crippen LogP contribution is -2.32. The van der Waals surface area contributed by atoms with Crippen LogP contribution < -0.4 is 10.6 Å². The number of nitrogens with one attached hydrogen (secondary N) is 1. The molecule has 0 aliphatic carbocycles. The fourth-order valence-corrected chi connectivity index (χ4v) is 2.73. The third-order valence-corrected chi connectivity index (χ3v) is 3.83. The Balaban J connectivity index is 2.20. The normalized spacial score (nSPS) is 10.6. The van der Waals surface area contributed by atoms with Gasteiger partial charge in [0, 0.05) is 11.1 Å². The van der Waals surface area contributed by atoms with Gasteiger partial charge in [0.25, 0.3) is 0 Å². The minimum absolute atomic E-state index is 0.0182. The first-order valence-corrected chi connectivity index (χ1v) is 7.41. The molecule has 22 heavy (non-hydrogen) atoms. The van der Waals surface area contributed by atoms with E-state index in [2.05, 4.69) is 37.3 Å². The van der Waals surface area contributed by atoms with Crippen LogP contribution in [0, 0.1) is 5.41 Å². The van der Waals surface area contributed by atoms with E-state index in [1.807, 2.05) is 36.4 Å². The number of hydrogen-bond donors (Lipinski definition) is 2. The number of nitrogens with two attached hydrogens (primary N) is 1. The number of aryl methyl sites for hydroxylation is 1. The molecule has 0 atom stereocenters. The minimum atomic E-state index is 0.0182. The summed E-state index contributed by atoms with van der Waals surface area (Å²) >= 11 is 0. The average molecular weight is 289 g/mol. The molecule has 0 bridgehead atoms. The smallest absolute Gasteiger partial charge is 0.197 e. The van der Waals surface area contributed by atoms with E-state index in [0.717, 1.165) is 28.6 Å². The Morgan fingerprint density at radius 2 is 1.73 bits per heavy atom. The van der Waals surface area contributed by atoms with Crippen molar-refractivity contribution in [2.75, 3.05) is 4.90 Å². The third-order valence-electron chi connectivity index (χ3n) is 3.83. The highest BCUT2D eigenvalue weighted by Gasteiger charge is 2.15. The van der Waals surface area contributed by atoms with Gasteiger partial charge in [-0.3, -0.25) is 10.3 Å². The highest BCUT2D eigenvalue weighted by molar-refractivity contribution is 6.08. The molecule has 0 unspecified atom stereocenters. The van der Waals surface area contributed by atoms with E-state index in [1.54, 1.807) is 4.90 Å². The van der Waals surface area contributed by atoms with Gasteiger partial charge < -0.3 is 5.73 Å². The molecule has 0 saturated carbocycles. The van der Waals surface area contributed by atoms with Crippen LogP contribution >= 0.6 is 0 Å². The predicted octanol–water partition coefficient (Wildman–Crippen LogP) is 4.43. The molecule has 110 valence electrons. The van der Waals surface area contributed by atoms with Gasteiger partial charge in [0.05, 0.1) is 5.69 Å². The second-order valence-corrected chi connectivity index (χ2v) is 5.24. The monoisotopic (exact) mass is 289 g/mol. The van der Waals surface area contributed by atoms with Gasteiger partial charge in [-0.15, -0.1) is 0 Å². The molecule has 0 fully saturated rings. The number of hydrogen-bond acceptors (Lipinski definition) is 1. The lowest BCUT2D eigenvalue weighted by atomic mass is 10.1. The number of fused-ring (bicyclic) bond motifs is 1. The minimum Gasteiger partial charge on any atom is -0.369 e. The van der Waals surface area contributed by atoms with Gasteiger partial charge in [-0.2, -0.15) is 0 Å².